The predicted molar refractivity (Wildman–Crippen MR) is 98.9 cm³/mol. The molecule has 0 bridgehead atoms. The second-order valence-corrected chi connectivity index (χ2v) is 5.97. The van der Waals surface area contributed by atoms with Gasteiger partial charge in [0, 0.05) is 17.1 Å². The van der Waals surface area contributed by atoms with Crippen LogP contribution < -0.4 is 0 Å². The summed E-state index contributed by atoms with van der Waals surface area (Å²) >= 11 is 0. The van der Waals surface area contributed by atoms with Crippen molar-refractivity contribution in [2.45, 2.75) is 13.5 Å². The highest BCUT2D eigenvalue weighted by molar-refractivity contribution is 5.79. The molecule has 0 fully saturated rings. The molecule has 4 aromatic rings. The number of aryl methyl sites for hydroxylation is 1. The molecule has 4 heteroatoms. The van der Waals surface area contributed by atoms with E-state index in [0.717, 1.165) is 39.0 Å². The molecule has 0 saturated heterocycles. The van der Waals surface area contributed by atoms with Crippen LogP contribution in [0.25, 0.3) is 33.7 Å². The minimum absolute atomic E-state index is 0.0143. The SMILES string of the molecule is Cc1ccc(-c2ncc3ccccc3n2)nc1-c1cccc(CO)c1. The molecular weight excluding hydrogens is 310 g/mol. The first-order valence-corrected chi connectivity index (χ1v) is 8.14. The molecule has 122 valence electrons. The third-order valence-electron chi connectivity index (χ3n) is 4.20. The van der Waals surface area contributed by atoms with Crippen LogP contribution in [0.3, 0.4) is 0 Å². The molecule has 0 aliphatic rings. The number of para-hydroxylation sites is 1. The lowest BCUT2D eigenvalue weighted by molar-refractivity contribution is 0.282. The van der Waals surface area contributed by atoms with Gasteiger partial charge in [-0.2, -0.15) is 0 Å². The zero-order chi connectivity index (χ0) is 17.2. The Morgan fingerprint density at radius 3 is 2.68 bits per heavy atom. The lowest BCUT2D eigenvalue weighted by Gasteiger charge is -2.09. The Bertz CT molecular complexity index is 1060. The van der Waals surface area contributed by atoms with Crippen molar-refractivity contribution in [3.8, 4) is 22.8 Å². The molecule has 0 spiro atoms. The lowest BCUT2D eigenvalue weighted by atomic mass is 10.0. The highest BCUT2D eigenvalue weighted by atomic mass is 16.3. The van der Waals surface area contributed by atoms with E-state index in [4.69, 9.17) is 4.98 Å². The Kier molecular flexibility index (Phi) is 3.96. The fourth-order valence-corrected chi connectivity index (χ4v) is 2.86. The molecule has 2 heterocycles. The Morgan fingerprint density at radius 2 is 1.80 bits per heavy atom. The maximum atomic E-state index is 9.37. The third kappa shape index (κ3) is 2.99. The highest BCUT2D eigenvalue weighted by Crippen LogP contribution is 2.26. The van der Waals surface area contributed by atoms with Crippen molar-refractivity contribution in [2.75, 3.05) is 0 Å². The van der Waals surface area contributed by atoms with E-state index >= 15 is 0 Å². The zero-order valence-corrected chi connectivity index (χ0v) is 13.8. The second kappa shape index (κ2) is 6.42. The van der Waals surface area contributed by atoms with Gasteiger partial charge < -0.3 is 5.11 Å². The summed E-state index contributed by atoms with van der Waals surface area (Å²) in [6.45, 7) is 2.04. The van der Waals surface area contributed by atoms with Crippen LogP contribution in [-0.2, 0) is 6.61 Å². The Hall–Kier alpha value is -3.11. The van der Waals surface area contributed by atoms with Gasteiger partial charge in [0.25, 0.3) is 0 Å². The van der Waals surface area contributed by atoms with Gasteiger partial charge in [0.1, 0.15) is 5.69 Å². The number of aliphatic hydroxyl groups excluding tert-OH is 1. The van der Waals surface area contributed by atoms with Gasteiger partial charge >= 0.3 is 0 Å². The van der Waals surface area contributed by atoms with Gasteiger partial charge in [-0.1, -0.05) is 42.5 Å². The van der Waals surface area contributed by atoms with Gasteiger partial charge in [-0.05, 0) is 36.2 Å². The number of nitrogens with zero attached hydrogens (tertiary/aromatic N) is 3. The molecule has 0 unspecified atom stereocenters. The predicted octanol–water partition coefficient (Wildman–Crippen LogP) is 4.16. The normalized spacial score (nSPS) is 11.0. The molecule has 0 radical (unpaired) electrons. The van der Waals surface area contributed by atoms with Gasteiger partial charge in [-0.3, -0.25) is 0 Å². The van der Waals surface area contributed by atoms with Gasteiger partial charge in [0.2, 0.25) is 0 Å². The number of benzene rings is 2. The standard InChI is InChI=1S/C21H17N3O/c1-14-9-10-19(21-22-12-17-6-2-3-8-18(17)24-21)23-20(14)16-7-4-5-15(11-16)13-25/h2-12,25H,13H2,1H3. The van der Waals surface area contributed by atoms with E-state index in [2.05, 4.69) is 9.97 Å². The average molecular weight is 327 g/mol. The van der Waals surface area contributed by atoms with E-state index in [1.165, 1.54) is 0 Å². The molecule has 0 aliphatic heterocycles. The van der Waals surface area contributed by atoms with Crippen molar-refractivity contribution >= 4 is 10.9 Å². The summed E-state index contributed by atoms with van der Waals surface area (Å²) in [5, 5.41) is 10.4. The van der Waals surface area contributed by atoms with Crippen LogP contribution >= 0.6 is 0 Å². The molecule has 2 aromatic carbocycles. The summed E-state index contributed by atoms with van der Waals surface area (Å²) < 4.78 is 0. The van der Waals surface area contributed by atoms with Crippen molar-refractivity contribution in [1.82, 2.24) is 15.0 Å². The molecule has 1 N–H and O–H groups in total. The molecule has 0 atom stereocenters. The smallest absolute Gasteiger partial charge is 0.178 e. The molecule has 2 aromatic heterocycles. The first-order chi connectivity index (χ1) is 12.2. The summed E-state index contributed by atoms with van der Waals surface area (Å²) in [5.41, 5.74) is 5.43. The first-order valence-electron chi connectivity index (χ1n) is 8.14. The van der Waals surface area contributed by atoms with E-state index in [-0.39, 0.29) is 6.61 Å². The molecule has 25 heavy (non-hydrogen) atoms. The quantitative estimate of drug-likeness (QED) is 0.614. The number of hydrogen-bond acceptors (Lipinski definition) is 4. The van der Waals surface area contributed by atoms with Crippen molar-refractivity contribution < 1.29 is 5.11 Å². The monoisotopic (exact) mass is 327 g/mol. The molecule has 0 saturated carbocycles. The highest BCUT2D eigenvalue weighted by Gasteiger charge is 2.10. The van der Waals surface area contributed by atoms with Crippen LogP contribution in [0, 0.1) is 6.92 Å². The molecule has 4 nitrogen and oxygen atoms in total. The van der Waals surface area contributed by atoms with E-state index in [9.17, 15) is 5.11 Å². The van der Waals surface area contributed by atoms with E-state index in [1.807, 2.05) is 73.8 Å². The first kappa shape index (κ1) is 15.4. The second-order valence-electron chi connectivity index (χ2n) is 5.97. The van der Waals surface area contributed by atoms with Crippen molar-refractivity contribution in [1.29, 1.82) is 0 Å². The summed E-state index contributed by atoms with van der Waals surface area (Å²) in [4.78, 5) is 13.9. The van der Waals surface area contributed by atoms with Crippen molar-refractivity contribution in [3.63, 3.8) is 0 Å². The van der Waals surface area contributed by atoms with Crippen LogP contribution in [-0.4, -0.2) is 20.1 Å². The summed E-state index contributed by atoms with van der Waals surface area (Å²) in [6.07, 6.45) is 1.82. The summed E-state index contributed by atoms with van der Waals surface area (Å²) in [7, 11) is 0. The number of hydrogen-bond donors (Lipinski definition) is 1. The average Bonchev–Trinajstić information content (AvgIpc) is 2.68. The Balaban J connectivity index is 1.83. The fraction of sp³-hybridized carbons (Fsp3) is 0.0952. The number of aliphatic hydroxyl groups is 1. The fourth-order valence-electron chi connectivity index (χ4n) is 2.86. The van der Waals surface area contributed by atoms with Crippen LogP contribution in [0.2, 0.25) is 0 Å². The summed E-state index contributed by atoms with van der Waals surface area (Å²) in [5.74, 6) is 0.610. The molecule has 0 aliphatic carbocycles. The van der Waals surface area contributed by atoms with Crippen LogP contribution in [0.1, 0.15) is 11.1 Å². The van der Waals surface area contributed by atoms with Gasteiger partial charge in [-0.15, -0.1) is 0 Å². The van der Waals surface area contributed by atoms with E-state index < -0.39 is 0 Å². The maximum absolute atomic E-state index is 9.37. The minimum Gasteiger partial charge on any atom is -0.392 e. The molecular formula is C21H17N3O. The van der Waals surface area contributed by atoms with E-state index in [0.29, 0.717) is 5.82 Å². The van der Waals surface area contributed by atoms with Crippen LogP contribution in [0.5, 0.6) is 0 Å². The Labute approximate surface area is 145 Å². The third-order valence-corrected chi connectivity index (χ3v) is 4.20. The van der Waals surface area contributed by atoms with Gasteiger partial charge in [-0.25, -0.2) is 15.0 Å². The van der Waals surface area contributed by atoms with Gasteiger partial charge in [0.05, 0.1) is 17.8 Å². The van der Waals surface area contributed by atoms with Crippen molar-refractivity contribution in [3.05, 3.63) is 78.0 Å². The lowest BCUT2D eigenvalue weighted by Crippen LogP contribution is -1.96. The number of fused-ring (bicyclic) bond motifs is 1. The largest absolute Gasteiger partial charge is 0.392 e. The van der Waals surface area contributed by atoms with Crippen LogP contribution in [0.15, 0.2) is 66.9 Å². The van der Waals surface area contributed by atoms with Gasteiger partial charge in [0.15, 0.2) is 5.82 Å². The number of rotatable bonds is 3. The summed E-state index contributed by atoms with van der Waals surface area (Å²) in [6, 6.07) is 19.7. The number of aromatic nitrogens is 3. The molecule has 0 amide bonds. The van der Waals surface area contributed by atoms with E-state index in [1.54, 1.807) is 0 Å². The maximum Gasteiger partial charge on any atom is 0.178 e. The molecule has 4 rings (SSSR count). The Morgan fingerprint density at radius 1 is 0.920 bits per heavy atom. The topological polar surface area (TPSA) is 58.9 Å². The van der Waals surface area contributed by atoms with Crippen molar-refractivity contribution in [2.24, 2.45) is 0 Å². The minimum atomic E-state index is 0.0143. The zero-order valence-electron chi connectivity index (χ0n) is 13.8. The van der Waals surface area contributed by atoms with Crippen LogP contribution in [0.4, 0.5) is 0 Å². The number of pyridine rings is 1.